The van der Waals surface area contributed by atoms with Gasteiger partial charge in [0.05, 0.1) is 19.1 Å². The van der Waals surface area contributed by atoms with E-state index >= 15 is 0 Å². The molecule has 0 radical (unpaired) electrons. The third-order valence-electron chi connectivity index (χ3n) is 1.75. The van der Waals surface area contributed by atoms with Crippen molar-refractivity contribution in [3.05, 3.63) is 30.1 Å². The summed E-state index contributed by atoms with van der Waals surface area (Å²) in [5.74, 6) is -0.527. The first-order valence-corrected chi connectivity index (χ1v) is 4.50. The second-order valence-electron chi connectivity index (χ2n) is 2.90. The summed E-state index contributed by atoms with van der Waals surface area (Å²) in [7, 11) is 0. The van der Waals surface area contributed by atoms with Crippen molar-refractivity contribution in [1.82, 2.24) is 0 Å². The molecule has 0 heterocycles. The van der Waals surface area contributed by atoms with Crippen LogP contribution in [-0.4, -0.2) is 12.4 Å². The molecule has 0 atom stereocenters. The third kappa shape index (κ3) is 3.77. The van der Waals surface area contributed by atoms with E-state index in [1.54, 1.807) is 18.2 Å². The number of hydrogen-bond donors (Lipinski definition) is 0. The Morgan fingerprint density at radius 1 is 1.47 bits per heavy atom. The van der Waals surface area contributed by atoms with E-state index in [4.69, 9.17) is 10.00 Å². The quantitative estimate of drug-likeness (QED) is 0.742. The van der Waals surface area contributed by atoms with Crippen LogP contribution in [-0.2, 0) is 4.79 Å². The first-order valence-electron chi connectivity index (χ1n) is 4.50. The highest BCUT2D eigenvalue weighted by molar-refractivity contribution is 5.80. The van der Waals surface area contributed by atoms with Crippen molar-refractivity contribution in [2.75, 3.05) is 6.61 Å². The van der Waals surface area contributed by atoms with E-state index in [0.717, 1.165) is 0 Å². The molecule has 0 aromatic heterocycles. The van der Waals surface area contributed by atoms with Gasteiger partial charge >= 0.3 is 0 Å². The standard InChI is InChI=1S/C11H10FNO2/c12-10-3-1-2-4-11(10)15-8-6-9(14)5-7-13/h1-4H,5-6,8H2. The van der Waals surface area contributed by atoms with Crippen LogP contribution >= 0.6 is 0 Å². The lowest BCUT2D eigenvalue weighted by atomic mass is 10.2. The first kappa shape index (κ1) is 11.2. The lowest BCUT2D eigenvalue weighted by Crippen LogP contribution is -2.06. The average Bonchev–Trinajstić information content (AvgIpc) is 2.21. The Hall–Kier alpha value is -1.89. The van der Waals surface area contributed by atoms with Gasteiger partial charge in [-0.1, -0.05) is 12.1 Å². The number of rotatable bonds is 5. The molecule has 1 aromatic rings. The first-order chi connectivity index (χ1) is 7.24. The van der Waals surface area contributed by atoms with Gasteiger partial charge in [0.1, 0.15) is 5.78 Å². The fraction of sp³-hybridized carbons (Fsp3) is 0.273. The predicted molar refractivity (Wildman–Crippen MR) is 51.7 cm³/mol. The van der Waals surface area contributed by atoms with E-state index in [0.29, 0.717) is 0 Å². The van der Waals surface area contributed by atoms with Gasteiger partial charge in [-0.05, 0) is 12.1 Å². The molecular formula is C11H10FNO2. The summed E-state index contributed by atoms with van der Waals surface area (Å²) in [4.78, 5) is 10.9. The molecule has 78 valence electrons. The highest BCUT2D eigenvalue weighted by atomic mass is 19.1. The van der Waals surface area contributed by atoms with Crippen LogP contribution in [0.3, 0.4) is 0 Å². The summed E-state index contributed by atoms with van der Waals surface area (Å²) in [6.07, 6.45) is 0.00251. The van der Waals surface area contributed by atoms with Gasteiger partial charge in [-0.25, -0.2) is 4.39 Å². The topological polar surface area (TPSA) is 50.1 Å². The van der Waals surface area contributed by atoms with Crippen LogP contribution < -0.4 is 4.74 Å². The van der Waals surface area contributed by atoms with Crippen LogP contribution in [0, 0.1) is 17.1 Å². The minimum atomic E-state index is -0.453. The Morgan fingerprint density at radius 2 is 2.20 bits per heavy atom. The molecule has 0 fully saturated rings. The maximum absolute atomic E-state index is 13.0. The zero-order chi connectivity index (χ0) is 11.1. The van der Waals surface area contributed by atoms with Crippen molar-refractivity contribution >= 4 is 5.78 Å². The van der Waals surface area contributed by atoms with Crippen molar-refractivity contribution in [1.29, 1.82) is 5.26 Å². The number of nitrogens with zero attached hydrogens (tertiary/aromatic N) is 1. The molecule has 0 bridgehead atoms. The number of carbonyl (C=O) groups excluding carboxylic acids is 1. The molecule has 3 nitrogen and oxygen atoms in total. The molecule has 0 N–H and O–H groups in total. The second kappa shape index (κ2) is 5.76. The number of nitriles is 1. The summed E-state index contributed by atoms with van der Waals surface area (Å²) in [6, 6.07) is 7.73. The van der Waals surface area contributed by atoms with Crippen molar-refractivity contribution < 1.29 is 13.9 Å². The number of ketones is 1. The number of ether oxygens (including phenoxy) is 1. The Morgan fingerprint density at radius 3 is 2.87 bits per heavy atom. The molecule has 4 heteroatoms. The number of benzene rings is 1. The van der Waals surface area contributed by atoms with Crippen molar-refractivity contribution in [2.24, 2.45) is 0 Å². The number of hydrogen-bond acceptors (Lipinski definition) is 3. The van der Waals surface area contributed by atoms with Gasteiger partial charge in [0.2, 0.25) is 0 Å². The van der Waals surface area contributed by atoms with E-state index in [9.17, 15) is 9.18 Å². The summed E-state index contributed by atoms with van der Waals surface area (Å²) in [5, 5.41) is 8.23. The Balaban J connectivity index is 2.36. The smallest absolute Gasteiger partial charge is 0.165 e. The lowest BCUT2D eigenvalue weighted by molar-refractivity contribution is -0.118. The van der Waals surface area contributed by atoms with Crippen LogP contribution in [0.5, 0.6) is 5.75 Å². The minimum absolute atomic E-state index is 0.0987. The van der Waals surface area contributed by atoms with Crippen LogP contribution in [0.25, 0.3) is 0 Å². The third-order valence-corrected chi connectivity index (χ3v) is 1.75. The maximum Gasteiger partial charge on any atom is 0.165 e. The van der Waals surface area contributed by atoms with E-state index in [1.165, 1.54) is 12.1 Å². The zero-order valence-electron chi connectivity index (χ0n) is 8.07. The fourth-order valence-corrected chi connectivity index (χ4v) is 1.01. The molecule has 1 aromatic carbocycles. The monoisotopic (exact) mass is 207 g/mol. The van der Waals surface area contributed by atoms with Crippen LogP contribution in [0.4, 0.5) is 4.39 Å². The Labute approximate surface area is 87.1 Å². The van der Waals surface area contributed by atoms with Gasteiger partial charge in [-0.15, -0.1) is 0 Å². The number of para-hydroxylation sites is 1. The molecule has 0 spiro atoms. The molecule has 0 amide bonds. The van der Waals surface area contributed by atoms with Crippen LogP contribution in [0.15, 0.2) is 24.3 Å². The normalized spacial score (nSPS) is 9.33. The molecule has 0 aliphatic rings. The van der Waals surface area contributed by atoms with Crippen molar-refractivity contribution in [2.45, 2.75) is 12.8 Å². The summed E-state index contributed by atoms with van der Waals surface area (Å²) < 4.78 is 18.0. The van der Waals surface area contributed by atoms with Gasteiger partial charge in [-0.3, -0.25) is 4.79 Å². The highest BCUT2D eigenvalue weighted by Gasteiger charge is 2.04. The van der Waals surface area contributed by atoms with E-state index < -0.39 is 5.82 Å². The van der Waals surface area contributed by atoms with Gasteiger partial charge < -0.3 is 4.74 Å². The average molecular weight is 207 g/mol. The molecule has 0 unspecified atom stereocenters. The second-order valence-corrected chi connectivity index (χ2v) is 2.90. The molecule has 15 heavy (non-hydrogen) atoms. The van der Waals surface area contributed by atoms with Crippen molar-refractivity contribution in [3.63, 3.8) is 0 Å². The van der Waals surface area contributed by atoms with E-state index in [1.807, 2.05) is 0 Å². The van der Waals surface area contributed by atoms with Crippen LogP contribution in [0.2, 0.25) is 0 Å². The molecule has 0 saturated carbocycles. The van der Waals surface area contributed by atoms with Gasteiger partial charge in [0.15, 0.2) is 11.6 Å². The summed E-state index contributed by atoms with van der Waals surface area (Å²) >= 11 is 0. The van der Waals surface area contributed by atoms with Gasteiger partial charge in [0.25, 0.3) is 0 Å². The molecule has 0 saturated heterocycles. The largest absolute Gasteiger partial charge is 0.490 e. The predicted octanol–water partition coefficient (Wildman–Crippen LogP) is 2.08. The molecule has 0 aliphatic carbocycles. The summed E-state index contributed by atoms with van der Waals surface area (Å²) in [6.45, 7) is 0.0987. The zero-order valence-corrected chi connectivity index (χ0v) is 8.07. The molecular weight excluding hydrogens is 197 g/mol. The van der Waals surface area contributed by atoms with Gasteiger partial charge in [-0.2, -0.15) is 5.26 Å². The van der Waals surface area contributed by atoms with Crippen molar-refractivity contribution in [3.8, 4) is 11.8 Å². The number of carbonyl (C=O) groups is 1. The molecule has 0 aliphatic heterocycles. The highest BCUT2D eigenvalue weighted by Crippen LogP contribution is 2.15. The fourth-order valence-electron chi connectivity index (χ4n) is 1.01. The van der Waals surface area contributed by atoms with Gasteiger partial charge in [0, 0.05) is 6.42 Å². The number of halogens is 1. The Bertz CT molecular complexity index is 384. The lowest BCUT2D eigenvalue weighted by Gasteiger charge is -2.05. The maximum atomic E-state index is 13.0. The van der Waals surface area contributed by atoms with E-state index in [2.05, 4.69) is 0 Å². The SMILES string of the molecule is N#CCC(=O)CCOc1ccccc1F. The Kier molecular flexibility index (Phi) is 4.30. The van der Waals surface area contributed by atoms with Crippen LogP contribution in [0.1, 0.15) is 12.8 Å². The minimum Gasteiger partial charge on any atom is -0.490 e. The number of Topliss-reactive ketones (excluding diaryl/α,β-unsaturated/α-hetero) is 1. The summed E-state index contributed by atoms with van der Waals surface area (Å²) in [5.41, 5.74) is 0. The molecule has 1 rings (SSSR count). The van der Waals surface area contributed by atoms with E-state index in [-0.39, 0.29) is 31.0 Å².